The third-order valence-corrected chi connectivity index (χ3v) is 13.7. The number of rotatable bonds is 24. The van der Waals surface area contributed by atoms with Gasteiger partial charge in [0.05, 0.1) is 0 Å². The fourth-order valence-corrected chi connectivity index (χ4v) is 10.5. The summed E-state index contributed by atoms with van der Waals surface area (Å²) in [6, 6.07) is 23.4. The molecule has 0 aliphatic carbocycles. The first-order valence-corrected chi connectivity index (χ1v) is 23.3. The quantitative estimate of drug-likeness (QED) is 0.0429. The Bertz CT molecular complexity index is 1600. The molecule has 50 heavy (non-hydrogen) atoms. The summed E-state index contributed by atoms with van der Waals surface area (Å²) in [5, 5.41) is 5.37. The van der Waals surface area contributed by atoms with E-state index in [-0.39, 0.29) is 0 Å². The van der Waals surface area contributed by atoms with Gasteiger partial charge in [0, 0.05) is 39.6 Å². The second kappa shape index (κ2) is 21.9. The van der Waals surface area contributed by atoms with E-state index in [0.29, 0.717) is 0 Å². The summed E-state index contributed by atoms with van der Waals surface area (Å²) in [6.07, 6.45) is 30.1. The standard InChI is InChI=1S/C46H60Br2S2/c1-3-5-7-9-11-13-15-17-19-21-23-37-27-31-43(49-37)45-41-33-35(47)25-29-39(41)40-30-26-36(48)34-42(40)46(45)44-32-28-38(50-44)24-22-20-18-16-14-12-10-8-6-4-2/h25-34H,3-24H2,1-2H3. The van der Waals surface area contributed by atoms with E-state index in [2.05, 4.69) is 106 Å². The van der Waals surface area contributed by atoms with Crippen LogP contribution in [0.2, 0.25) is 0 Å². The van der Waals surface area contributed by atoms with Crippen molar-refractivity contribution in [1.82, 2.24) is 0 Å². The molecule has 0 atom stereocenters. The van der Waals surface area contributed by atoms with Gasteiger partial charge in [0.25, 0.3) is 0 Å². The van der Waals surface area contributed by atoms with E-state index in [1.54, 1.807) is 0 Å². The molecule has 0 unspecified atom stereocenters. The van der Waals surface area contributed by atoms with Gasteiger partial charge in [-0.2, -0.15) is 0 Å². The normalized spacial score (nSPS) is 11.8. The Kier molecular flexibility index (Phi) is 17.4. The van der Waals surface area contributed by atoms with Crippen LogP contribution in [0.5, 0.6) is 0 Å². The van der Waals surface area contributed by atoms with E-state index in [9.17, 15) is 0 Å². The van der Waals surface area contributed by atoms with Crippen molar-refractivity contribution in [1.29, 1.82) is 0 Å². The summed E-state index contributed by atoms with van der Waals surface area (Å²) in [7, 11) is 0. The van der Waals surface area contributed by atoms with Crippen molar-refractivity contribution in [3.05, 3.63) is 79.4 Å². The van der Waals surface area contributed by atoms with Crippen molar-refractivity contribution in [2.45, 2.75) is 155 Å². The predicted octanol–water partition coefficient (Wildman–Crippen LogP) is 17.9. The maximum atomic E-state index is 3.84. The third-order valence-electron chi connectivity index (χ3n) is 10.4. The molecule has 270 valence electrons. The molecule has 5 rings (SSSR count). The van der Waals surface area contributed by atoms with Gasteiger partial charge < -0.3 is 0 Å². The molecule has 0 aliphatic rings. The fraction of sp³-hybridized carbons (Fsp3) is 0.522. The lowest BCUT2D eigenvalue weighted by molar-refractivity contribution is 0.557. The van der Waals surface area contributed by atoms with Gasteiger partial charge in [0.1, 0.15) is 0 Å². The van der Waals surface area contributed by atoms with Crippen molar-refractivity contribution in [2.75, 3.05) is 0 Å². The van der Waals surface area contributed by atoms with E-state index in [0.717, 1.165) is 8.95 Å². The summed E-state index contributed by atoms with van der Waals surface area (Å²) in [5.41, 5.74) is 2.80. The zero-order valence-electron chi connectivity index (χ0n) is 30.9. The number of hydrogen-bond donors (Lipinski definition) is 0. The lowest BCUT2D eigenvalue weighted by Crippen LogP contribution is -1.89. The molecule has 2 heterocycles. The molecule has 0 radical (unpaired) electrons. The van der Waals surface area contributed by atoms with Gasteiger partial charge in [-0.05, 0) is 95.8 Å². The van der Waals surface area contributed by atoms with Crippen LogP contribution in [0, 0.1) is 0 Å². The third kappa shape index (κ3) is 11.8. The molecular weight excluding hydrogens is 776 g/mol. The highest BCUT2D eigenvalue weighted by atomic mass is 79.9. The van der Waals surface area contributed by atoms with Crippen LogP contribution in [0.25, 0.3) is 42.4 Å². The van der Waals surface area contributed by atoms with E-state index >= 15 is 0 Å². The Morgan fingerprint density at radius 3 is 1.08 bits per heavy atom. The largest absolute Gasteiger partial charge is 0.140 e. The molecule has 0 spiro atoms. The highest BCUT2D eigenvalue weighted by Crippen LogP contribution is 2.49. The summed E-state index contributed by atoms with van der Waals surface area (Å²) in [6.45, 7) is 4.60. The second-order valence-electron chi connectivity index (χ2n) is 14.5. The van der Waals surface area contributed by atoms with Gasteiger partial charge in [-0.25, -0.2) is 0 Å². The van der Waals surface area contributed by atoms with E-state index < -0.39 is 0 Å². The Hall–Kier alpha value is -1.46. The van der Waals surface area contributed by atoms with Crippen molar-refractivity contribution in [3.63, 3.8) is 0 Å². The molecule has 4 heteroatoms. The number of benzene rings is 3. The van der Waals surface area contributed by atoms with Crippen LogP contribution in [0.1, 0.15) is 152 Å². The molecule has 3 aromatic carbocycles. The van der Waals surface area contributed by atoms with Gasteiger partial charge in [-0.3, -0.25) is 0 Å². The highest BCUT2D eigenvalue weighted by molar-refractivity contribution is 9.10. The topological polar surface area (TPSA) is 0 Å². The summed E-state index contributed by atoms with van der Waals surface area (Å²) in [5.74, 6) is 0. The van der Waals surface area contributed by atoms with Crippen LogP contribution in [0.3, 0.4) is 0 Å². The number of aryl methyl sites for hydroxylation is 2. The van der Waals surface area contributed by atoms with E-state index in [1.807, 2.05) is 22.7 Å². The zero-order valence-corrected chi connectivity index (χ0v) is 35.7. The van der Waals surface area contributed by atoms with Crippen LogP contribution >= 0.6 is 54.5 Å². The Morgan fingerprint density at radius 2 is 0.720 bits per heavy atom. The number of fused-ring (bicyclic) bond motifs is 3. The van der Waals surface area contributed by atoms with Gasteiger partial charge in [-0.1, -0.05) is 173 Å². The van der Waals surface area contributed by atoms with Crippen molar-refractivity contribution in [2.24, 2.45) is 0 Å². The van der Waals surface area contributed by atoms with Crippen molar-refractivity contribution < 1.29 is 0 Å². The van der Waals surface area contributed by atoms with Crippen molar-refractivity contribution >= 4 is 76.1 Å². The first-order valence-electron chi connectivity index (χ1n) is 20.1. The molecule has 0 N–H and O–H groups in total. The first kappa shape index (κ1) is 39.7. The lowest BCUT2D eigenvalue weighted by Gasteiger charge is -2.17. The van der Waals surface area contributed by atoms with Crippen molar-refractivity contribution in [3.8, 4) is 20.9 Å². The Labute approximate surface area is 329 Å². The minimum absolute atomic E-state index is 1.14. The van der Waals surface area contributed by atoms with Gasteiger partial charge in [0.2, 0.25) is 0 Å². The van der Waals surface area contributed by atoms with E-state index in [1.165, 1.54) is 193 Å². The second-order valence-corrected chi connectivity index (χ2v) is 18.7. The number of hydrogen-bond acceptors (Lipinski definition) is 2. The Balaban J connectivity index is 1.31. The molecular formula is C46H60Br2S2. The van der Waals surface area contributed by atoms with Crippen LogP contribution < -0.4 is 0 Å². The molecule has 0 fully saturated rings. The van der Waals surface area contributed by atoms with Crippen LogP contribution in [0.4, 0.5) is 0 Å². The molecule has 0 amide bonds. The molecule has 0 saturated carbocycles. The maximum absolute atomic E-state index is 3.84. The summed E-state index contributed by atoms with van der Waals surface area (Å²) in [4.78, 5) is 5.85. The highest BCUT2D eigenvalue weighted by Gasteiger charge is 2.21. The Morgan fingerprint density at radius 1 is 0.380 bits per heavy atom. The monoisotopic (exact) mass is 834 g/mol. The number of halogens is 2. The predicted molar refractivity (Wildman–Crippen MR) is 235 cm³/mol. The average Bonchev–Trinajstić information content (AvgIpc) is 3.79. The smallest absolute Gasteiger partial charge is 0.0358 e. The fourth-order valence-electron chi connectivity index (χ4n) is 7.56. The average molecular weight is 837 g/mol. The van der Waals surface area contributed by atoms with Crippen LogP contribution in [-0.4, -0.2) is 0 Å². The number of thiophene rings is 2. The minimum Gasteiger partial charge on any atom is -0.140 e. The lowest BCUT2D eigenvalue weighted by atomic mass is 9.90. The SMILES string of the molecule is CCCCCCCCCCCCc1ccc(-c2c(-c3ccc(CCCCCCCCCCCC)s3)c3cc(Br)ccc3c3ccc(Br)cc23)s1. The van der Waals surface area contributed by atoms with E-state index in [4.69, 9.17) is 0 Å². The molecule has 0 nitrogen and oxygen atoms in total. The summed E-state index contributed by atoms with van der Waals surface area (Å²) >= 11 is 11.7. The minimum atomic E-state index is 1.14. The summed E-state index contributed by atoms with van der Waals surface area (Å²) < 4.78 is 2.28. The molecule has 5 aromatic rings. The molecule has 0 saturated heterocycles. The van der Waals surface area contributed by atoms with Gasteiger partial charge in [-0.15, -0.1) is 22.7 Å². The van der Waals surface area contributed by atoms with Gasteiger partial charge in [0.15, 0.2) is 0 Å². The van der Waals surface area contributed by atoms with Gasteiger partial charge >= 0.3 is 0 Å². The molecule has 2 aromatic heterocycles. The molecule has 0 aliphatic heterocycles. The van der Waals surface area contributed by atoms with Crippen LogP contribution in [-0.2, 0) is 12.8 Å². The van der Waals surface area contributed by atoms with Crippen LogP contribution in [0.15, 0.2) is 69.6 Å². The maximum Gasteiger partial charge on any atom is 0.0358 e. The molecule has 0 bridgehead atoms. The number of unbranched alkanes of at least 4 members (excludes halogenated alkanes) is 18. The first-order chi connectivity index (χ1) is 24.6. The zero-order chi connectivity index (χ0) is 35.0.